The minimum Gasteiger partial charge on any atom is -0.368 e. The number of hydrogen-bond donors (Lipinski definition) is 1. The van der Waals surface area contributed by atoms with Crippen molar-refractivity contribution in [1.82, 2.24) is 14.5 Å². The zero-order chi connectivity index (χ0) is 15.0. The first-order valence-electron chi connectivity index (χ1n) is 6.57. The van der Waals surface area contributed by atoms with Crippen LogP contribution < -0.4 is 5.73 Å². The molecule has 2 heterocycles. The van der Waals surface area contributed by atoms with E-state index in [9.17, 15) is 0 Å². The van der Waals surface area contributed by atoms with E-state index in [2.05, 4.69) is 27.5 Å². The number of nitrogen functional groups attached to an aromatic ring is 1. The molecule has 3 rings (SSSR count). The highest BCUT2D eigenvalue weighted by atomic mass is 35.5. The molecule has 0 bridgehead atoms. The minimum atomic E-state index is 0.272. The number of nitrogens with zero attached hydrogens (tertiary/aromatic N) is 3. The first-order valence-corrected chi connectivity index (χ1v) is 6.95. The number of nitrogens with two attached hydrogens (primary N) is 1. The quantitative estimate of drug-likeness (QED) is 0.785. The van der Waals surface area contributed by atoms with E-state index in [1.54, 1.807) is 6.20 Å². The van der Waals surface area contributed by atoms with E-state index in [1.807, 2.05) is 37.4 Å². The fourth-order valence-electron chi connectivity index (χ4n) is 2.43. The van der Waals surface area contributed by atoms with E-state index >= 15 is 0 Å². The third kappa shape index (κ3) is 2.50. The molecule has 106 valence electrons. The van der Waals surface area contributed by atoms with Gasteiger partial charge in [0.15, 0.2) is 0 Å². The summed E-state index contributed by atoms with van der Waals surface area (Å²) in [6.45, 7) is 2.07. The molecule has 2 aromatic heterocycles. The summed E-state index contributed by atoms with van der Waals surface area (Å²) >= 11 is 6.12. The maximum atomic E-state index is 6.12. The number of halogens is 1. The van der Waals surface area contributed by atoms with Gasteiger partial charge in [0.25, 0.3) is 0 Å². The highest BCUT2D eigenvalue weighted by Gasteiger charge is 2.12. The largest absolute Gasteiger partial charge is 0.368 e. The third-order valence-electron chi connectivity index (χ3n) is 3.53. The molecule has 1 aromatic carbocycles. The van der Waals surface area contributed by atoms with E-state index in [1.165, 1.54) is 5.56 Å². The number of hydrogen-bond acceptors (Lipinski definition) is 3. The van der Waals surface area contributed by atoms with E-state index < -0.39 is 0 Å². The Morgan fingerprint density at radius 3 is 2.62 bits per heavy atom. The lowest BCUT2D eigenvalue weighted by atomic mass is 10.1. The van der Waals surface area contributed by atoms with E-state index in [4.69, 9.17) is 17.3 Å². The molecule has 0 aliphatic rings. The van der Waals surface area contributed by atoms with Gasteiger partial charge in [0, 0.05) is 29.5 Å². The summed E-state index contributed by atoms with van der Waals surface area (Å²) in [4.78, 5) is 8.20. The second-order valence-corrected chi connectivity index (χ2v) is 5.36. The summed E-state index contributed by atoms with van der Waals surface area (Å²) in [6, 6.07) is 11.8. The fraction of sp³-hybridized carbons (Fsp3) is 0.125. The number of benzene rings is 1. The van der Waals surface area contributed by atoms with Gasteiger partial charge in [-0.05, 0) is 42.8 Å². The Balaban J connectivity index is 2.13. The number of aryl methyl sites for hydroxylation is 1. The predicted molar refractivity (Wildman–Crippen MR) is 86.0 cm³/mol. The van der Waals surface area contributed by atoms with E-state index in [-0.39, 0.29) is 5.95 Å². The van der Waals surface area contributed by atoms with Crippen LogP contribution in [0.15, 0.2) is 42.6 Å². The smallest absolute Gasteiger partial charge is 0.220 e. The monoisotopic (exact) mass is 298 g/mol. The molecule has 0 fully saturated rings. The summed E-state index contributed by atoms with van der Waals surface area (Å²) in [5, 5.41) is 0.727. The average molecular weight is 299 g/mol. The van der Waals surface area contributed by atoms with Gasteiger partial charge < -0.3 is 10.3 Å². The van der Waals surface area contributed by atoms with Crippen molar-refractivity contribution in [2.24, 2.45) is 7.05 Å². The fourth-order valence-corrected chi connectivity index (χ4v) is 2.60. The Labute approximate surface area is 128 Å². The molecule has 0 unspecified atom stereocenters. The lowest BCUT2D eigenvalue weighted by molar-refractivity contribution is 0.937. The molecule has 0 aliphatic heterocycles. The molecule has 2 N–H and O–H groups in total. The molecule has 21 heavy (non-hydrogen) atoms. The summed E-state index contributed by atoms with van der Waals surface area (Å²) in [6.07, 6.45) is 1.66. The maximum Gasteiger partial charge on any atom is 0.220 e. The van der Waals surface area contributed by atoms with Gasteiger partial charge in [0.1, 0.15) is 0 Å². The van der Waals surface area contributed by atoms with Gasteiger partial charge in [-0.3, -0.25) is 0 Å². The predicted octanol–water partition coefficient (Wildman–Crippen LogP) is 3.69. The van der Waals surface area contributed by atoms with Gasteiger partial charge in [-0.15, -0.1) is 0 Å². The molecule has 0 atom stereocenters. The van der Waals surface area contributed by atoms with Crippen molar-refractivity contribution in [3.8, 4) is 22.6 Å². The Hall–Kier alpha value is -2.33. The van der Waals surface area contributed by atoms with Crippen molar-refractivity contribution in [3.05, 3.63) is 53.2 Å². The van der Waals surface area contributed by atoms with Crippen LogP contribution in [0.2, 0.25) is 5.02 Å². The third-order valence-corrected chi connectivity index (χ3v) is 3.77. The Morgan fingerprint density at radius 2 is 1.86 bits per heavy atom. The summed E-state index contributed by atoms with van der Waals surface area (Å²) in [5.41, 5.74) is 10.8. The second-order valence-electron chi connectivity index (χ2n) is 4.92. The first kappa shape index (κ1) is 13.6. The van der Waals surface area contributed by atoms with Gasteiger partial charge in [0.05, 0.1) is 11.4 Å². The highest BCUT2D eigenvalue weighted by molar-refractivity contribution is 6.30. The molecule has 0 amide bonds. The summed E-state index contributed by atoms with van der Waals surface area (Å²) in [7, 11) is 2.00. The van der Waals surface area contributed by atoms with Crippen LogP contribution in [0.4, 0.5) is 5.95 Å². The Kier molecular flexibility index (Phi) is 3.39. The van der Waals surface area contributed by atoms with Crippen molar-refractivity contribution in [2.45, 2.75) is 6.92 Å². The van der Waals surface area contributed by atoms with Gasteiger partial charge in [-0.2, -0.15) is 0 Å². The van der Waals surface area contributed by atoms with E-state index in [0.29, 0.717) is 0 Å². The van der Waals surface area contributed by atoms with Crippen LogP contribution in [0.5, 0.6) is 0 Å². The number of aromatic nitrogens is 3. The van der Waals surface area contributed by atoms with Gasteiger partial charge in [0.2, 0.25) is 5.95 Å². The first-order chi connectivity index (χ1) is 10.1. The topological polar surface area (TPSA) is 56.7 Å². The molecule has 0 radical (unpaired) electrons. The van der Waals surface area contributed by atoms with Crippen LogP contribution in [-0.2, 0) is 7.05 Å². The highest BCUT2D eigenvalue weighted by Crippen LogP contribution is 2.30. The normalized spacial score (nSPS) is 10.8. The zero-order valence-electron chi connectivity index (χ0n) is 11.8. The van der Waals surface area contributed by atoms with Crippen LogP contribution in [0.25, 0.3) is 22.6 Å². The summed E-state index contributed by atoms with van der Waals surface area (Å²) in [5.74, 6) is 0.272. The van der Waals surface area contributed by atoms with Crippen LogP contribution in [-0.4, -0.2) is 14.5 Å². The van der Waals surface area contributed by atoms with E-state index in [0.717, 1.165) is 27.7 Å². The minimum absolute atomic E-state index is 0.272. The van der Waals surface area contributed by atoms with Gasteiger partial charge in [-0.1, -0.05) is 17.7 Å². The van der Waals surface area contributed by atoms with Crippen molar-refractivity contribution in [3.63, 3.8) is 0 Å². The van der Waals surface area contributed by atoms with Crippen molar-refractivity contribution in [2.75, 3.05) is 5.73 Å². The molecular weight excluding hydrogens is 284 g/mol. The molecule has 0 spiro atoms. The maximum absolute atomic E-state index is 6.12. The van der Waals surface area contributed by atoms with Crippen LogP contribution in [0, 0.1) is 6.92 Å². The van der Waals surface area contributed by atoms with Crippen LogP contribution in [0.3, 0.4) is 0 Å². The van der Waals surface area contributed by atoms with Crippen LogP contribution in [0.1, 0.15) is 5.56 Å². The molecule has 5 heteroatoms. The van der Waals surface area contributed by atoms with Gasteiger partial charge >= 0.3 is 0 Å². The van der Waals surface area contributed by atoms with Crippen molar-refractivity contribution < 1.29 is 0 Å². The second kappa shape index (κ2) is 5.22. The Bertz CT molecular complexity index is 808. The standard InChI is InChI=1S/C16H15ClN4/c1-10-3-4-11(17)9-12(10)14-5-6-15(21(14)2)13-7-8-19-16(18)20-13/h3-9H,1-2H3,(H2,18,19,20). The van der Waals surface area contributed by atoms with Crippen LogP contribution >= 0.6 is 11.6 Å². The molecule has 0 aliphatic carbocycles. The average Bonchev–Trinajstić information content (AvgIpc) is 2.83. The van der Waals surface area contributed by atoms with Crippen molar-refractivity contribution >= 4 is 17.5 Å². The number of anilines is 1. The molecule has 0 saturated carbocycles. The molecule has 3 aromatic rings. The molecule has 0 saturated heterocycles. The SMILES string of the molecule is Cc1ccc(Cl)cc1-c1ccc(-c2ccnc(N)n2)n1C. The lowest BCUT2D eigenvalue weighted by Crippen LogP contribution is -2.00. The Morgan fingerprint density at radius 1 is 1.10 bits per heavy atom. The zero-order valence-corrected chi connectivity index (χ0v) is 12.6. The number of rotatable bonds is 2. The lowest BCUT2D eigenvalue weighted by Gasteiger charge is -2.10. The molecule has 4 nitrogen and oxygen atoms in total. The molecular formula is C16H15ClN4. The van der Waals surface area contributed by atoms with Gasteiger partial charge in [-0.25, -0.2) is 9.97 Å². The van der Waals surface area contributed by atoms with Crippen molar-refractivity contribution in [1.29, 1.82) is 0 Å². The summed E-state index contributed by atoms with van der Waals surface area (Å²) < 4.78 is 2.08.